The normalized spacial score (nSPS) is 20.8. The van der Waals surface area contributed by atoms with Gasteiger partial charge in [-0.05, 0) is 30.9 Å². The third-order valence-corrected chi connectivity index (χ3v) is 4.77. The molecule has 2 aliphatic heterocycles. The second-order valence-corrected chi connectivity index (χ2v) is 7.37. The topological polar surface area (TPSA) is 40.1 Å². The minimum atomic E-state index is 0. The Morgan fingerprint density at radius 3 is 2.88 bits per heavy atom. The van der Waals surface area contributed by atoms with Crippen molar-refractivity contribution in [2.24, 2.45) is 10.9 Å². The van der Waals surface area contributed by atoms with E-state index in [4.69, 9.17) is 9.73 Å². The van der Waals surface area contributed by atoms with E-state index in [9.17, 15) is 0 Å². The average molecular weight is 472 g/mol. The summed E-state index contributed by atoms with van der Waals surface area (Å²) < 4.78 is 5.96. The second-order valence-electron chi connectivity index (χ2n) is 7.37. The van der Waals surface area contributed by atoms with Crippen LogP contribution >= 0.6 is 24.0 Å². The fourth-order valence-corrected chi connectivity index (χ4v) is 3.71. The molecule has 1 fully saturated rings. The molecule has 2 aliphatic rings. The number of halogens is 1. The molecule has 26 heavy (non-hydrogen) atoms. The molecule has 5 nitrogen and oxygen atoms in total. The van der Waals surface area contributed by atoms with E-state index in [2.05, 4.69) is 60.2 Å². The minimum absolute atomic E-state index is 0. The number of benzene rings is 1. The van der Waals surface area contributed by atoms with Gasteiger partial charge in [-0.3, -0.25) is 9.89 Å². The van der Waals surface area contributed by atoms with Gasteiger partial charge in [0.2, 0.25) is 0 Å². The number of morpholine rings is 1. The first-order valence-electron chi connectivity index (χ1n) is 9.65. The molecular weight excluding hydrogens is 439 g/mol. The Labute approximate surface area is 175 Å². The lowest BCUT2D eigenvalue weighted by atomic mass is 10.2. The van der Waals surface area contributed by atoms with E-state index in [1.54, 1.807) is 0 Å². The molecule has 0 radical (unpaired) electrons. The zero-order chi connectivity index (χ0) is 17.6. The van der Waals surface area contributed by atoms with Crippen molar-refractivity contribution >= 4 is 35.6 Å². The van der Waals surface area contributed by atoms with Gasteiger partial charge in [0.1, 0.15) is 0 Å². The lowest BCUT2D eigenvalue weighted by Gasteiger charge is -2.33. The molecule has 0 aliphatic carbocycles. The van der Waals surface area contributed by atoms with Crippen molar-refractivity contribution in [3.05, 3.63) is 29.8 Å². The number of guanidine groups is 1. The summed E-state index contributed by atoms with van der Waals surface area (Å²) in [6.07, 6.45) is 1.28. The molecular formula is C20H33IN4O. The van der Waals surface area contributed by atoms with Gasteiger partial charge in [-0.2, -0.15) is 0 Å². The Balaban J connectivity index is 0.00000243. The van der Waals surface area contributed by atoms with Crippen LogP contribution in [0.4, 0.5) is 5.69 Å². The van der Waals surface area contributed by atoms with Gasteiger partial charge in [0.25, 0.3) is 0 Å². The molecule has 0 saturated carbocycles. The summed E-state index contributed by atoms with van der Waals surface area (Å²) in [5, 5.41) is 3.46. The Bertz CT molecular complexity index is 593. The number of nitrogens with one attached hydrogen (secondary N) is 1. The molecule has 1 saturated heterocycles. The summed E-state index contributed by atoms with van der Waals surface area (Å²) in [6, 6.07) is 8.63. The lowest BCUT2D eigenvalue weighted by Crippen LogP contribution is -2.46. The van der Waals surface area contributed by atoms with E-state index < -0.39 is 0 Å². The predicted molar refractivity (Wildman–Crippen MR) is 120 cm³/mol. The number of aliphatic imine (C=N–C) groups is 1. The molecule has 1 unspecified atom stereocenters. The molecule has 1 N–H and O–H groups in total. The first kappa shape index (κ1) is 21.4. The second kappa shape index (κ2) is 10.5. The van der Waals surface area contributed by atoms with Crippen molar-refractivity contribution in [1.82, 2.24) is 10.2 Å². The van der Waals surface area contributed by atoms with Crippen molar-refractivity contribution < 1.29 is 4.74 Å². The van der Waals surface area contributed by atoms with E-state index in [0.717, 1.165) is 58.3 Å². The van der Waals surface area contributed by atoms with Gasteiger partial charge < -0.3 is 15.0 Å². The van der Waals surface area contributed by atoms with Crippen molar-refractivity contribution in [3.63, 3.8) is 0 Å². The Kier molecular flexibility index (Phi) is 8.63. The first-order chi connectivity index (χ1) is 12.2. The van der Waals surface area contributed by atoms with Gasteiger partial charge in [-0.25, -0.2) is 0 Å². The standard InChI is InChI=1S/C20H32N4O.HI/c1-4-21-20(24-10-9-17-7-5-6-8-19(17)24)22-13-18-15-23(11-12-25-18)14-16(2)3;/h5-8,16,18H,4,9-15H2,1-3H3,(H,21,22);1H. The SMILES string of the molecule is CCNC(=NCC1CN(CC(C)C)CCO1)N1CCc2ccccc21.I. The molecule has 1 aromatic carbocycles. The summed E-state index contributed by atoms with van der Waals surface area (Å²) in [5.41, 5.74) is 2.69. The number of anilines is 1. The van der Waals surface area contributed by atoms with Crippen molar-refractivity contribution in [2.75, 3.05) is 50.8 Å². The highest BCUT2D eigenvalue weighted by molar-refractivity contribution is 14.0. The molecule has 1 atom stereocenters. The minimum Gasteiger partial charge on any atom is -0.374 e. The highest BCUT2D eigenvalue weighted by Crippen LogP contribution is 2.27. The number of hydrogen-bond acceptors (Lipinski definition) is 3. The summed E-state index contributed by atoms with van der Waals surface area (Å²) in [5.74, 6) is 1.68. The predicted octanol–water partition coefficient (Wildman–Crippen LogP) is 2.99. The van der Waals surface area contributed by atoms with Gasteiger partial charge in [0.05, 0.1) is 19.3 Å². The number of fused-ring (bicyclic) bond motifs is 1. The number of rotatable bonds is 5. The van der Waals surface area contributed by atoms with E-state index in [-0.39, 0.29) is 30.1 Å². The van der Waals surface area contributed by atoms with Crippen LogP contribution in [0, 0.1) is 5.92 Å². The fourth-order valence-electron chi connectivity index (χ4n) is 3.71. The van der Waals surface area contributed by atoms with E-state index in [0.29, 0.717) is 5.92 Å². The van der Waals surface area contributed by atoms with Crippen LogP contribution in [0.3, 0.4) is 0 Å². The van der Waals surface area contributed by atoms with Crippen molar-refractivity contribution in [1.29, 1.82) is 0 Å². The van der Waals surface area contributed by atoms with Crippen LogP contribution in [0.25, 0.3) is 0 Å². The molecule has 0 aromatic heterocycles. The van der Waals surface area contributed by atoms with Crippen LogP contribution in [0.1, 0.15) is 26.3 Å². The fraction of sp³-hybridized carbons (Fsp3) is 0.650. The van der Waals surface area contributed by atoms with Crippen LogP contribution in [0.15, 0.2) is 29.3 Å². The first-order valence-corrected chi connectivity index (χ1v) is 9.65. The number of hydrogen-bond donors (Lipinski definition) is 1. The summed E-state index contributed by atoms with van der Waals surface area (Å²) in [6.45, 7) is 13.2. The highest BCUT2D eigenvalue weighted by Gasteiger charge is 2.24. The Hall–Kier alpha value is -0.860. The van der Waals surface area contributed by atoms with Gasteiger partial charge in [-0.1, -0.05) is 32.0 Å². The van der Waals surface area contributed by atoms with Crippen LogP contribution in [0.5, 0.6) is 0 Å². The zero-order valence-corrected chi connectivity index (χ0v) is 18.6. The van der Waals surface area contributed by atoms with Crippen LogP contribution in [-0.4, -0.2) is 62.8 Å². The van der Waals surface area contributed by atoms with E-state index in [1.807, 2.05) is 0 Å². The van der Waals surface area contributed by atoms with Crippen molar-refractivity contribution in [3.8, 4) is 0 Å². The Morgan fingerprint density at radius 2 is 2.12 bits per heavy atom. The quantitative estimate of drug-likeness (QED) is 0.407. The van der Waals surface area contributed by atoms with Crippen LogP contribution in [-0.2, 0) is 11.2 Å². The highest BCUT2D eigenvalue weighted by atomic mass is 127. The molecule has 3 rings (SSSR count). The summed E-state index contributed by atoms with van der Waals surface area (Å²) in [4.78, 5) is 9.73. The molecule has 6 heteroatoms. The number of ether oxygens (including phenoxy) is 1. The van der Waals surface area contributed by atoms with Crippen LogP contribution < -0.4 is 10.2 Å². The van der Waals surface area contributed by atoms with Gasteiger partial charge >= 0.3 is 0 Å². The van der Waals surface area contributed by atoms with E-state index in [1.165, 1.54) is 11.3 Å². The molecule has 2 heterocycles. The molecule has 1 aromatic rings. The third kappa shape index (κ3) is 5.57. The molecule has 146 valence electrons. The Morgan fingerprint density at radius 1 is 1.31 bits per heavy atom. The maximum Gasteiger partial charge on any atom is 0.198 e. The lowest BCUT2D eigenvalue weighted by molar-refractivity contribution is -0.0261. The molecule has 0 amide bonds. The van der Waals surface area contributed by atoms with Gasteiger partial charge in [-0.15, -0.1) is 24.0 Å². The zero-order valence-electron chi connectivity index (χ0n) is 16.3. The molecule has 0 bridgehead atoms. The number of nitrogens with zero attached hydrogens (tertiary/aromatic N) is 3. The summed E-state index contributed by atoms with van der Waals surface area (Å²) in [7, 11) is 0. The van der Waals surface area contributed by atoms with Crippen LogP contribution in [0.2, 0.25) is 0 Å². The van der Waals surface area contributed by atoms with Crippen molar-refractivity contribution in [2.45, 2.75) is 33.3 Å². The maximum atomic E-state index is 5.96. The third-order valence-electron chi connectivity index (χ3n) is 4.77. The van der Waals surface area contributed by atoms with Gasteiger partial charge in [0, 0.05) is 38.4 Å². The monoisotopic (exact) mass is 472 g/mol. The maximum absolute atomic E-state index is 5.96. The summed E-state index contributed by atoms with van der Waals surface area (Å²) >= 11 is 0. The molecule has 0 spiro atoms. The smallest absolute Gasteiger partial charge is 0.198 e. The largest absolute Gasteiger partial charge is 0.374 e. The average Bonchev–Trinajstić information content (AvgIpc) is 3.02. The van der Waals surface area contributed by atoms with Gasteiger partial charge in [0.15, 0.2) is 5.96 Å². The van der Waals surface area contributed by atoms with E-state index >= 15 is 0 Å². The number of para-hydroxylation sites is 1.